The summed E-state index contributed by atoms with van der Waals surface area (Å²) in [5.41, 5.74) is 4.85. The molecule has 9 aromatic rings. The number of alkyl halides is 5. The van der Waals surface area contributed by atoms with Gasteiger partial charge in [0.15, 0.2) is 0 Å². The Hall–Kier alpha value is -6.34. The molecule has 0 bridgehead atoms. The van der Waals surface area contributed by atoms with E-state index < -0.39 is 17.7 Å². The van der Waals surface area contributed by atoms with Crippen LogP contribution in [0.25, 0.3) is 82.7 Å². The summed E-state index contributed by atoms with van der Waals surface area (Å²) in [5, 5.41) is 6.60. The molecule has 0 radical (unpaired) electrons. The quantitative estimate of drug-likeness (QED) is 0.130. The van der Waals surface area contributed by atoms with Gasteiger partial charge in [0.05, 0.1) is 11.0 Å². The summed E-state index contributed by atoms with van der Waals surface area (Å²) >= 11 is 0. The molecular weight excluding hydrogens is 663 g/mol. The maximum absolute atomic E-state index is 14.5. The van der Waals surface area contributed by atoms with Crippen molar-refractivity contribution in [1.82, 2.24) is 9.55 Å². The first-order chi connectivity index (χ1) is 25.2. The SMILES string of the molecule is FC(F)(F)C(F)(F)c1ccc2c(c1)nc(-c1cccc(-c3c4ccccc4c(-c4cccc5ccccc45)c4ccccc34)c1)n2-c1ccccc1. The van der Waals surface area contributed by atoms with Crippen LogP contribution in [-0.2, 0) is 5.92 Å². The van der Waals surface area contributed by atoms with Crippen LogP contribution >= 0.6 is 0 Å². The van der Waals surface area contributed by atoms with Crippen molar-refractivity contribution in [3.05, 3.63) is 169 Å². The summed E-state index contributed by atoms with van der Waals surface area (Å²) in [6, 6.07) is 51.4. The molecule has 0 atom stereocenters. The molecule has 0 aliphatic carbocycles. The number of aromatic nitrogens is 2. The van der Waals surface area contributed by atoms with E-state index in [4.69, 9.17) is 4.98 Å². The molecule has 1 heterocycles. The van der Waals surface area contributed by atoms with Gasteiger partial charge in [-0.3, -0.25) is 4.57 Å². The second-order valence-corrected chi connectivity index (χ2v) is 12.8. The van der Waals surface area contributed by atoms with Crippen molar-refractivity contribution in [2.24, 2.45) is 0 Å². The topological polar surface area (TPSA) is 17.8 Å². The number of nitrogens with zero attached hydrogens (tertiary/aromatic N) is 2. The van der Waals surface area contributed by atoms with Gasteiger partial charge in [-0.2, -0.15) is 22.0 Å². The Bertz CT molecular complexity index is 2760. The zero-order chi connectivity index (χ0) is 35.6. The maximum Gasteiger partial charge on any atom is 0.458 e. The third-order valence-electron chi connectivity index (χ3n) is 9.79. The lowest BCUT2D eigenvalue weighted by atomic mass is 9.84. The standard InChI is InChI=1S/C45H27F5N2/c46-44(47,45(48,49)50)31-24-25-40-39(27-31)51-43(52(40)32-16-2-1-3-17-32)30-15-10-14-29(26-30)41-35-19-6-8-21-37(35)42(38-22-9-7-20-36(38)41)34-23-11-13-28-12-4-5-18-33(28)34/h1-27H. The predicted octanol–water partition coefficient (Wildman–Crippen LogP) is 13.1. The zero-order valence-corrected chi connectivity index (χ0v) is 27.4. The Morgan fingerprint density at radius 1 is 0.462 bits per heavy atom. The first-order valence-corrected chi connectivity index (χ1v) is 16.8. The second-order valence-electron chi connectivity index (χ2n) is 12.8. The van der Waals surface area contributed by atoms with Crippen molar-refractivity contribution in [2.75, 3.05) is 0 Å². The molecule has 9 rings (SSSR count). The lowest BCUT2D eigenvalue weighted by molar-refractivity contribution is -0.289. The van der Waals surface area contributed by atoms with E-state index in [1.54, 1.807) is 4.57 Å². The third-order valence-corrected chi connectivity index (χ3v) is 9.79. The van der Waals surface area contributed by atoms with Crippen LogP contribution in [0.15, 0.2) is 164 Å². The summed E-state index contributed by atoms with van der Waals surface area (Å²) in [6.07, 6.45) is -5.74. The highest BCUT2D eigenvalue weighted by molar-refractivity contribution is 6.23. The highest BCUT2D eigenvalue weighted by Crippen LogP contribution is 2.47. The van der Waals surface area contributed by atoms with Crippen LogP contribution < -0.4 is 0 Å². The molecule has 0 spiro atoms. The highest BCUT2D eigenvalue weighted by Gasteiger charge is 2.58. The van der Waals surface area contributed by atoms with E-state index >= 15 is 0 Å². The largest absolute Gasteiger partial charge is 0.458 e. The van der Waals surface area contributed by atoms with Gasteiger partial charge in [0.25, 0.3) is 0 Å². The van der Waals surface area contributed by atoms with Gasteiger partial charge in [0, 0.05) is 16.8 Å². The van der Waals surface area contributed by atoms with E-state index in [0.717, 1.165) is 66.7 Å². The minimum Gasteiger partial charge on any atom is -0.292 e. The Labute approximate surface area is 295 Å². The number of halogens is 5. The molecule has 0 saturated heterocycles. The van der Waals surface area contributed by atoms with Crippen molar-refractivity contribution in [1.29, 1.82) is 0 Å². The van der Waals surface area contributed by atoms with Gasteiger partial charge in [0.2, 0.25) is 0 Å². The van der Waals surface area contributed by atoms with Gasteiger partial charge in [-0.15, -0.1) is 0 Å². The van der Waals surface area contributed by atoms with Crippen molar-refractivity contribution in [3.63, 3.8) is 0 Å². The minimum absolute atomic E-state index is 0.0287. The van der Waals surface area contributed by atoms with Gasteiger partial charge < -0.3 is 0 Å². The average molecular weight is 691 g/mol. The summed E-state index contributed by atoms with van der Waals surface area (Å²) in [5.74, 6) is -4.62. The van der Waals surface area contributed by atoms with Gasteiger partial charge in [-0.25, -0.2) is 4.98 Å². The smallest absolute Gasteiger partial charge is 0.292 e. The second kappa shape index (κ2) is 11.9. The van der Waals surface area contributed by atoms with Gasteiger partial charge >= 0.3 is 12.1 Å². The molecule has 0 aliphatic rings. The monoisotopic (exact) mass is 690 g/mol. The predicted molar refractivity (Wildman–Crippen MR) is 200 cm³/mol. The highest BCUT2D eigenvalue weighted by atomic mass is 19.4. The van der Waals surface area contributed by atoms with Crippen LogP contribution in [0.1, 0.15) is 5.56 Å². The normalized spacial score (nSPS) is 12.3. The average Bonchev–Trinajstić information content (AvgIpc) is 3.56. The third kappa shape index (κ3) is 4.95. The van der Waals surface area contributed by atoms with Crippen molar-refractivity contribution >= 4 is 43.4 Å². The molecule has 8 aromatic carbocycles. The van der Waals surface area contributed by atoms with Crippen molar-refractivity contribution in [2.45, 2.75) is 12.1 Å². The van der Waals surface area contributed by atoms with E-state index in [9.17, 15) is 22.0 Å². The number of benzene rings is 8. The van der Waals surface area contributed by atoms with E-state index in [0.29, 0.717) is 22.6 Å². The van der Waals surface area contributed by atoms with E-state index in [1.807, 2.05) is 84.9 Å². The van der Waals surface area contributed by atoms with Gasteiger partial charge in [0.1, 0.15) is 5.82 Å². The number of hydrogen-bond donors (Lipinski definition) is 0. The molecule has 52 heavy (non-hydrogen) atoms. The number of rotatable bonds is 5. The molecular formula is C45H27F5N2. The molecule has 0 saturated carbocycles. The molecule has 0 aliphatic heterocycles. The molecule has 252 valence electrons. The number of fused-ring (bicyclic) bond motifs is 4. The first kappa shape index (κ1) is 31.6. The Morgan fingerprint density at radius 3 is 1.69 bits per heavy atom. The fourth-order valence-corrected chi connectivity index (χ4v) is 7.46. The van der Waals surface area contributed by atoms with Crippen LogP contribution in [0.2, 0.25) is 0 Å². The Kier molecular flexibility index (Phi) is 7.22. The molecule has 7 heteroatoms. The summed E-state index contributed by atoms with van der Waals surface area (Å²) in [7, 11) is 0. The lowest BCUT2D eigenvalue weighted by Gasteiger charge is -2.19. The molecule has 1 aromatic heterocycles. The maximum atomic E-state index is 14.5. The number of imidazole rings is 1. The summed E-state index contributed by atoms with van der Waals surface area (Å²) in [4.78, 5) is 4.72. The van der Waals surface area contributed by atoms with E-state index in [2.05, 4.69) is 60.7 Å². The fourth-order valence-electron chi connectivity index (χ4n) is 7.46. The van der Waals surface area contributed by atoms with Crippen LogP contribution in [0.3, 0.4) is 0 Å². The van der Waals surface area contributed by atoms with E-state index in [1.165, 1.54) is 6.07 Å². The number of hydrogen-bond acceptors (Lipinski definition) is 1. The van der Waals surface area contributed by atoms with Gasteiger partial charge in [-0.05, 0) is 84.9 Å². The minimum atomic E-state index is -5.74. The van der Waals surface area contributed by atoms with E-state index in [-0.39, 0.29) is 5.52 Å². The molecule has 2 nitrogen and oxygen atoms in total. The summed E-state index contributed by atoms with van der Waals surface area (Å²) < 4.78 is 70.9. The number of para-hydroxylation sites is 1. The molecule has 0 fully saturated rings. The van der Waals surface area contributed by atoms with Crippen LogP contribution in [0, 0.1) is 0 Å². The molecule has 0 amide bonds. The lowest BCUT2D eigenvalue weighted by Crippen LogP contribution is -2.33. The zero-order valence-electron chi connectivity index (χ0n) is 27.4. The van der Waals surface area contributed by atoms with Gasteiger partial charge in [-0.1, -0.05) is 133 Å². The van der Waals surface area contributed by atoms with Crippen molar-refractivity contribution < 1.29 is 22.0 Å². The van der Waals surface area contributed by atoms with Crippen LogP contribution in [0.4, 0.5) is 22.0 Å². The van der Waals surface area contributed by atoms with Crippen molar-refractivity contribution in [3.8, 4) is 39.3 Å². The Morgan fingerprint density at radius 2 is 1.02 bits per heavy atom. The van der Waals surface area contributed by atoms with Crippen LogP contribution in [-0.4, -0.2) is 15.7 Å². The Balaban J connectivity index is 1.29. The first-order valence-electron chi connectivity index (χ1n) is 16.8. The molecule has 0 N–H and O–H groups in total. The summed E-state index contributed by atoms with van der Waals surface area (Å²) in [6.45, 7) is 0. The van der Waals surface area contributed by atoms with Crippen LogP contribution in [0.5, 0.6) is 0 Å². The fraction of sp³-hybridized carbons (Fsp3) is 0.0444. The molecule has 0 unspecified atom stereocenters.